The minimum Gasteiger partial charge on any atom is -0.480 e. The van der Waals surface area contributed by atoms with Crippen LogP contribution in [0.4, 0.5) is 4.79 Å². The van der Waals surface area contributed by atoms with Crippen molar-refractivity contribution in [3.8, 4) is 0 Å². The monoisotopic (exact) mass is 285 g/mol. The third kappa shape index (κ3) is 2.87. The van der Waals surface area contributed by atoms with Gasteiger partial charge < -0.3 is 20.1 Å². The molecular formula is C11H15N3O6. The normalized spacial score (nSPS) is 22.1. The van der Waals surface area contributed by atoms with Crippen LogP contribution in [0.15, 0.2) is 0 Å². The molecule has 2 saturated heterocycles. The van der Waals surface area contributed by atoms with Crippen LogP contribution in [0, 0.1) is 0 Å². The first-order valence-electron chi connectivity index (χ1n) is 6.14. The zero-order chi connectivity index (χ0) is 14.8. The summed E-state index contributed by atoms with van der Waals surface area (Å²) in [7, 11) is 0. The zero-order valence-electron chi connectivity index (χ0n) is 10.7. The van der Waals surface area contributed by atoms with Crippen LogP contribution in [0.25, 0.3) is 0 Å². The van der Waals surface area contributed by atoms with Gasteiger partial charge in [-0.1, -0.05) is 0 Å². The van der Waals surface area contributed by atoms with Crippen molar-refractivity contribution in [1.82, 2.24) is 15.5 Å². The SMILES string of the molecule is O=C1CN(C(=O)NC2(C(=O)O)CCOCC2)CC(=O)N1. The average Bonchev–Trinajstić information content (AvgIpc) is 2.38. The van der Waals surface area contributed by atoms with Crippen molar-refractivity contribution >= 4 is 23.8 Å². The molecule has 0 saturated carbocycles. The van der Waals surface area contributed by atoms with E-state index in [2.05, 4.69) is 10.6 Å². The van der Waals surface area contributed by atoms with Crippen molar-refractivity contribution in [3.63, 3.8) is 0 Å². The lowest BCUT2D eigenvalue weighted by molar-refractivity contribution is -0.148. The summed E-state index contributed by atoms with van der Waals surface area (Å²) in [6.45, 7) is -0.0917. The van der Waals surface area contributed by atoms with Gasteiger partial charge in [-0.2, -0.15) is 0 Å². The third-order valence-corrected chi connectivity index (χ3v) is 3.34. The van der Waals surface area contributed by atoms with Crippen LogP contribution in [0.5, 0.6) is 0 Å². The summed E-state index contributed by atoms with van der Waals surface area (Å²) in [6, 6.07) is -0.738. The van der Waals surface area contributed by atoms with E-state index in [4.69, 9.17) is 4.74 Å². The van der Waals surface area contributed by atoms with E-state index >= 15 is 0 Å². The summed E-state index contributed by atoms with van der Waals surface area (Å²) in [5.74, 6) is -2.33. The molecule has 4 amide bonds. The lowest BCUT2D eigenvalue weighted by atomic mass is 9.90. The number of rotatable bonds is 2. The topological polar surface area (TPSA) is 125 Å². The van der Waals surface area contributed by atoms with Gasteiger partial charge in [-0.15, -0.1) is 0 Å². The molecule has 0 atom stereocenters. The highest BCUT2D eigenvalue weighted by Crippen LogP contribution is 2.21. The minimum atomic E-state index is -1.41. The van der Waals surface area contributed by atoms with E-state index in [1.165, 1.54) is 0 Å². The van der Waals surface area contributed by atoms with E-state index in [0.29, 0.717) is 0 Å². The van der Waals surface area contributed by atoms with Gasteiger partial charge in [-0.05, 0) is 0 Å². The predicted molar refractivity (Wildman–Crippen MR) is 63.7 cm³/mol. The van der Waals surface area contributed by atoms with Crippen LogP contribution < -0.4 is 10.6 Å². The summed E-state index contributed by atoms with van der Waals surface area (Å²) in [6.07, 6.45) is 0.282. The second-order valence-corrected chi connectivity index (χ2v) is 4.76. The molecule has 2 aliphatic rings. The molecule has 0 spiro atoms. The van der Waals surface area contributed by atoms with Crippen LogP contribution in [-0.2, 0) is 19.1 Å². The molecule has 0 radical (unpaired) electrons. The number of carboxylic acid groups (broad SMARTS) is 1. The zero-order valence-corrected chi connectivity index (χ0v) is 10.7. The second-order valence-electron chi connectivity index (χ2n) is 4.76. The number of nitrogens with one attached hydrogen (secondary N) is 2. The Morgan fingerprint density at radius 2 is 1.75 bits per heavy atom. The molecule has 0 aromatic heterocycles. The number of carbonyl (C=O) groups excluding carboxylic acids is 3. The smallest absolute Gasteiger partial charge is 0.329 e. The Morgan fingerprint density at radius 1 is 1.20 bits per heavy atom. The molecule has 0 unspecified atom stereocenters. The number of hydrogen-bond acceptors (Lipinski definition) is 5. The average molecular weight is 285 g/mol. The Labute approximate surface area is 114 Å². The van der Waals surface area contributed by atoms with Crippen molar-refractivity contribution in [1.29, 1.82) is 0 Å². The fourth-order valence-corrected chi connectivity index (χ4v) is 2.18. The maximum absolute atomic E-state index is 12.0. The Kier molecular flexibility index (Phi) is 3.89. The highest BCUT2D eigenvalue weighted by atomic mass is 16.5. The molecule has 0 aliphatic carbocycles. The number of piperazine rings is 1. The largest absolute Gasteiger partial charge is 0.480 e. The van der Waals surface area contributed by atoms with Crippen LogP contribution >= 0.6 is 0 Å². The Balaban J connectivity index is 2.06. The molecule has 2 aliphatic heterocycles. The molecule has 2 rings (SSSR count). The highest BCUT2D eigenvalue weighted by Gasteiger charge is 2.43. The molecule has 3 N–H and O–H groups in total. The van der Waals surface area contributed by atoms with Crippen LogP contribution in [0.1, 0.15) is 12.8 Å². The maximum Gasteiger partial charge on any atom is 0.329 e. The molecule has 2 fully saturated rings. The Morgan fingerprint density at radius 3 is 2.25 bits per heavy atom. The highest BCUT2D eigenvalue weighted by molar-refractivity contribution is 6.02. The number of carboxylic acids is 1. The third-order valence-electron chi connectivity index (χ3n) is 3.34. The molecule has 0 aromatic carbocycles. The van der Waals surface area contributed by atoms with E-state index in [0.717, 1.165) is 4.90 Å². The molecule has 20 heavy (non-hydrogen) atoms. The van der Waals surface area contributed by atoms with Crippen molar-refractivity contribution < 1.29 is 29.0 Å². The van der Waals surface area contributed by atoms with E-state index < -0.39 is 29.4 Å². The van der Waals surface area contributed by atoms with Crippen molar-refractivity contribution in [2.45, 2.75) is 18.4 Å². The first-order chi connectivity index (χ1) is 9.43. The van der Waals surface area contributed by atoms with Crippen molar-refractivity contribution in [3.05, 3.63) is 0 Å². The number of aliphatic carboxylic acids is 1. The molecule has 110 valence electrons. The molecule has 0 bridgehead atoms. The van der Waals surface area contributed by atoms with E-state index in [1.807, 2.05) is 0 Å². The molecule has 2 heterocycles. The van der Waals surface area contributed by atoms with E-state index in [9.17, 15) is 24.3 Å². The number of amides is 4. The van der Waals surface area contributed by atoms with Crippen molar-refractivity contribution in [2.24, 2.45) is 0 Å². The molecule has 0 aromatic rings. The second kappa shape index (κ2) is 5.45. The first kappa shape index (κ1) is 14.3. The quantitative estimate of drug-likeness (QED) is 0.519. The van der Waals surface area contributed by atoms with E-state index in [-0.39, 0.29) is 39.1 Å². The predicted octanol–water partition coefficient (Wildman–Crippen LogP) is -1.71. The first-order valence-corrected chi connectivity index (χ1v) is 6.14. The van der Waals surface area contributed by atoms with Gasteiger partial charge in [0.1, 0.15) is 18.6 Å². The number of imide groups is 1. The molecular weight excluding hydrogens is 270 g/mol. The van der Waals surface area contributed by atoms with Gasteiger partial charge in [0, 0.05) is 26.1 Å². The van der Waals surface area contributed by atoms with Gasteiger partial charge in [0.2, 0.25) is 11.8 Å². The molecule has 9 heteroatoms. The lowest BCUT2D eigenvalue weighted by Crippen LogP contribution is -2.63. The Hall–Kier alpha value is -2.16. The number of hydrogen-bond donors (Lipinski definition) is 3. The maximum atomic E-state index is 12.0. The van der Waals surface area contributed by atoms with Crippen LogP contribution in [-0.4, -0.2) is 65.7 Å². The van der Waals surface area contributed by atoms with Gasteiger partial charge in [0.25, 0.3) is 0 Å². The fraction of sp³-hybridized carbons (Fsp3) is 0.636. The lowest BCUT2D eigenvalue weighted by Gasteiger charge is -2.36. The van der Waals surface area contributed by atoms with Gasteiger partial charge in [0.05, 0.1) is 0 Å². The van der Waals surface area contributed by atoms with Gasteiger partial charge in [0.15, 0.2) is 0 Å². The van der Waals surface area contributed by atoms with Gasteiger partial charge in [-0.25, -0.2) is 9.59 Å². The number of carbonyl (C=O) groups is 4. The van der Waals surface area contributed by atoms with Crippen molar-refractivity contribution in [2.75, 3.05) is 26.3 Å². The molecule has 9 nitrogen and oxygen atoms in total. The summed E-state index contributed by atoms with van der Waals surface area (Å²) in [5.41, 5.74) is -1.41. The Bertz CT molecular complexity index is 441. The summed E-state index contributed by atoms with van der Waals surface area (Å²) in [4.78, 5) is 46.8. The number of nitrogens with zero attached hydrogens (tertiary/aromatic N) is 1. The standard InChI is InChI=1S/C11H15N3O6/c15-7-5-14(6-8(16)12-7)10(19)13-11(9(17)18)1-3-20-4-2-11/h1-6H2,(H,13,19)(H,17,18)(H,12,15,16). The van der Waals surface area contributed by atoms with Gasteiger partial charge in [-0.3, -0.25) is 14.9 Å². The van der Waals surface area contributed by atoms with Crippen LogP contribution in [0.2, 0.25) is 0 Å². The van der Waals surface area contributed by atoms with Gasteiger partial charge >= 0.3 is 12.0 Å². The minimum absolute atomic E-state index is 0.141. The summed E-state index contributed by atoms with van der Waals surface area (Å²) in [5, 5.41) is 13.8. The number of ether oxygens (including phenoxy) is 1. The fourth-order valence-electron chi connectivity index (χ4n) is 2.18. The summed E-state index contributed by atoms with van der Waals surface area (Å²) >= 11 is 0. The number of urea groups is 1. The summed E-state index contributed by atoms with van der Waals surface area (Å²) < 4.78 is 5.09. The van der Waals surface area contributed by atoms with Crippen LogP contribution in [0.3, 0.4) is 0 Å². The van der Waals surface area contributed by atoms with E-state index in [1.54, 1.807) is 0 Å².